The Morgan fingerprint density at radius 2 is 2.17 bits per heavy atom. The lowest BCUT2D eigenvalue weighted by atomic mass is 10.3. The molecule has 96 valence electrons. The van der Waals surface area contributed by atoms with Gasteiger partial charge in [0, 0.05) is 32.1 Å². The molecule has 0 bridgehead atoms. The predicted octanol–water partition coefficient (Wildman–Crippen LogP) is 1.60. The molecule has 2 aromatic rings. The molecule has 0 aliphatic rings. The van der Waals surface area contributed by atoms with Crippen LogP contribution in [0.3, 0.4) is 0 Å². The van der Waals surface area contributed by atoms with Crippen molar-refractivity contribution in [2.75, 3.05) is 5.32 Å². The van der Waals surface area contributed by atoms with Gasteiger partial charge in [0.2, 0.25) is 5.56 Å². The van der Waals surface area contributed by atoms with Gasteiger partial charge >= 0.3 is 0 Å². The molecule has 18 heavy (non-hydrogen) atoms. The van der Waals surface area contributed by atoms with Crippen molar-refractivity contribution in [2.45, 2.75) is 26.4 Å². The second-order valence-corrected chi connectivity index (χ2v) is 4.27. The van der Waals surface area contributed by atoms with Gasteiger partial charge in [-0.2, -0.15) is 5.10 Å². The summed E-state index contributed by atoms with van der Waals surface area (Å²) < 4.78 is 3.56. The van der Waals surface area contributed by atoms with Gasteiger partial charge in [0.25, 0.3) is 0 Å². The first-order valence-electron chi connectivity index (χ1n) is 6.12. The molecule has 2 rings (SSSR count). The Labute approximate surface area is 106 Å². The van der Waals surface area contributed by atoms with E-state index >= 15 is 0 Å². The average Bonchev–Trinajstić information content (AvgIpc) is 2.79. The fraction of sp³-hybridized carbons (Fsp3) is 0.385. The SMILES string of the molecule is CCCn1nccc1CNc1ccc(=O)n(C)c1. The van der Waals surface area contributed by atoms with Gasteiger partial charge in [-0.25, -0.2) is 0 Å². The van der Waals surface area contributed by atoms with Gasteiger partial charge in [0.05, 0.1) is 17.9 Å². The van der Waals surface area contributed by atoms with Crippen molar-refractivity contribution in [3.63, 3.8) is 0 Å². The molecule has 0 fully saturated rings. The zero-order valence-electron chi connectivity index (χ0n) is 10.8. The summed E-state index contributed by atoms with van der Waals surface area (Å²) >= 11 is 0. The van der Waals surface area contributed by atoms with Gasteiger partial charge in [-0.1, -0.05) is 6.92 Å². The van der Waals surface area contributed by atoms with Crippen LogP contribution in [0.4, 0.5) is 5.69 Å². The molecule has 0 amide bonds. The van der Waals surface area contributed by atoms with Crippen LogP contribution >= 0.6 is 0 Å². The Morgan fingerprint density at radius 1 is 1.33 bits per heavy atom. The van der Waals surface area contributed by atoms with E-state index in [1.165, 1.54) is 0 Å². The maximum absolute atomic E-state index is 11.3. The van der Waals surface area contributed by atoms with Crippen molar-refractivity contribution in [1.29, 1.82) is 0 Å². The third-order valence-corrected chi connectivity index (χ3v) is 2.80. The molecular weight excluding hydrogens is 228 g/mol. The molecule has 0 atom stereocenters. The highest BCUT2D eigenvalue weighted by Gasteiger charge is 2.01. The van der Waals surface area contributed by atoms with Crippen LogP contribution in [0, 0.1) is 0 Å². The van der Waals surface area contributed by atoms with Crippen LogP contribution in [0.25, 0.3) is 0 Å². The second kappa shape index (κ2) is 5.53. The first-order chi connectivity index (χ1) is 8.70. The normalized spacial score (nSPS) is 10.6. The summed E-state index contributed by atoms with van der Waals surface area (Å²) in [5, 5.41) is 7.56. The van der Waals surface area contributed by atoms with E-state index < -0.39 is 0 Å². The van der Waals surface area contributed by atoms with Crippen LogP contribution in [-0.2, 0) is 20.1 Å². The Hall–Kier alpha value is -2.04. The van der Waals surface area contributed by atoms with Crippen molar-refractivity contribution in [3.05, 3.63) is 46.6 Å². The van der Waals surface area contributed by atoms with Gasteiger partial charge < -0.3 is 9.88 Å². The first-order valence-corrected chi connectivity index (χ1v) is 6.12. The van der Waals surface area contributed by atoms with Crippen molar-refractivity contribution in [1.82, 2.24) is 14.3 Å². The van der Waals surface area contributed by atoms with Gasteiger partial charge in [0.1, 0.15) is 0 Å². The lowest BCUT2D eigenvalue weighted by Crippen LogP contribution is -2.15. The number of aromatic nitrogens is 3. The van der Waals surface area contributed by atoms with Crippen molar-refractivity contribution < 1.29 is 0 Å². The van der Waals surface area contributed by atoms with Gasteiger partial charge in [-0.15, -0.1) is 0 Å². The van der Waals surface area contributed by atoms with Crippen LogP contribution in [0.2, 0.25) is 0 Å². The smallest absolute Gasteiger partial charge is 0.250 e. The molecule has 5 heteroatoms. The summed E-state index contributed by atoms with van der Waals surface area (Å²) in [7, 11) is 1.74. The molecule has 5 nitrogen and oxygen atoms in total. The number of hydrogen-bond donors (Lipinski definition) is 1. The summed E-state index contributed by atoms with van der Waals surface area (Å²) in [5.41, 5.74) is 2.07. The van der Waals surface area contributed by atoms with E-state index in [2.05, 4.69) is 17.3 Å². The van der Waals surface area contributed by atoms with Crippen LogP contribution in [0.15, 0.2) is 35.4 Å². The minimum Gasteiger partial charge on any atom is -0.378 e. The zero-order valence-corrected chi connectivity index (χ0v) is 10.8. The third-order valence-electron chi connectivity index (χ3n) is 2.80. The Morgan fingerprint density at radius 3 is 2.89 bits per heavy atom. The summed E-state index contributed by atoms with van der Waals surface area (Å²) in [4.78, 5) is 11.3. The molecule has 0 unspecified atom stereocenters. The maximum atomic E-state index is 11.3. The number of nitrogens with one attached hydrogen (secondary N) is 1. The minimum absolute atomic E-state index is 0.00317. The summed E-state index contributed by atoms with van der Waals surface area (Å²) in [6.07, 6.45) is 4.67. The maximum Gasteiger partial charge on any atom is 0.250 e. The second-order valence-electron chi connectivity index (χ2n) is 4.27. The third kappa shape index (κ3) is 2.80. The van der Waals surface area contributed by atoms with E-state index in [1.54, 1.807) is 29.9 Å². The monoisotopic (exact) mass is 246 g/mol. The zero-order chi connectivity index (χ0) is 13.0. The summed E-state index contributed by atoms with van der Waals surface area (Å²) in [6, 6.07) is 5.36. The molecule has 2 aromatic heterocycles. The number of anilines is 1. The average molecular weight is 246 g/mol. The molecule has 0 aliphatic heterocycles. The number of hydrogen-bond acceptors (Lipinski definition) is 3. The number of nitrogens with zero attached hydrogens (tertiary/aromatic N) is 3. The van der Waals surface area contributed by atoms with Crippen LogP contribution < -0.4 is 10.9 Å². The van der Waals surface area contributed by atoms with Gasteiger partial charge in [-0.3, -0.25) is 9.48 Å². The van der Waals surface area contributed by atoms with E-state index in [9.17, 15) is 4.79 Å². The number of pyridine rings is 1. The largest absolute Gasteiger partial charge is 0.378 e. The minimum atomic E-state index is -0.00317. The van der Waals surface area contributed by atoms with Crippen molar-refractivity contribution in [2.24, 2.45) is 7.05 Å². The van der Waals surface area contributed by atoms with E-state index in [-0.39, 0.29) is 5.56 Å². The molecule has 0 spiro atoms. The molecule has 0 aliphatic carbocycles. The summed E-state index contributed by atoms with van der Waals surface area (Å²) in [5.74, 6) is 0. The predicted molar refractivity (Wildman–Crippen MR) is 71.5 cm³/mol. The quantitative estimate of drug-likeness (QED) is 0.872. The van der Waals surface area contributed by atoms with Crippen molar-refractivity contribution >= 4 is 5.69 Å². The molecule has 0 saturated heterocycles. The fourth-order valence-electron chi connectivity index (χ4n) is 1.81. The fourth-order valence-corrected chi connectivity index (χ4v) is 1.81. The van der Waals surface area contributed by atoms with E-state index in [0.717, 1.165) is 24.3 Å². The first kappa shape index (κ1) is 12.4. The van der Waals surface area contributed by atoms with Crippen LogP contribution in [0.5, 0.6) is 0 Å². The molecule has 0 radical (unpaired) electrons. The topological polar surface area (TPSA) is 51.9 Å². The Bertz CT molecular complexity index is 570. The van der Waals surface area contributed by atoms with Crippen LogP contribution in [0.1, 0.15) is 19.0 Å². The van der Waals surface area contributed by atoms with E-state index in [0.29, 0.717) is 6.54 Å². The standard InChI is InChI=1S/C13H18N4O/c1-3-8-17-12(6-7-15-17)9-14-11-4-5-13(18)16(2)10-11/h4-7,10,14H,3,8-9H2,1-2H3. The molecule has 0 aromatic carbocycles. The number of rotatable bonds is 5. The molecule has 0 saturated carbocycles. The van der Waals surface area contributed by atoms with E-state index in [1.807, 2.05) is 16.9 Å². The summed E-state index contributed by atoms with van der Waals surface area (Å²) in [6.45, 7) is 3.77. The highest BCUT2D eigenvalue weighted by Crippen LogP contribution is 2.07. The molecule has 2 heterocycles. The molecular formula is C13H18N4O. The Kier molecular flexibility index (Phi) is 3.82. The van der Waals surface area contributed by atoms with Gasteiger partial charge in [0.15, 0.2) is 0 Å². The highest BCUT2D eigenvalue weighted by molar-refractivity contribution is 5.40. The van der Waals surface area contributed by atoms with E-state index in [4.69, 9.17) is 0 Å². The molecule has 1 N–H and O–H groups in total. The van der Waals surface area contributed by atoms with Crippen LogP contribution in [-0.4, -0.2) is 14.3 Å². The van der Waals surface area contributed by atoms with Gasteiger partial charge in [-0.05, 0) is 18.6 Å². The lowest BCUT2D eigenvalue weighted by molar-refractivity contribution is 0.578. The Balaban J connectivity index is 2.04. The number of aryl methyl sites for hydroxylation is 2. The lowest BCUT2D eigenvalue weighted by Gasteiger charge is -2.09. The van der Waals surface area contributed by atoms with Crippen molar-refractivity contribution in [3.8, 4) is 0 Å². The highest BCUT2D eigenvalue weighted by atomic mass is 16.1.